The standard InChI is InChI=1S/C11H14Cl2N2O2S2.ClH/c12-10-3-9(11(13)18-10)19(16,17)15-4-6-1-2-8(14)7(6)5-15;/h3,6-8H,1-2,4-5,14H2;1H. The number of halogens is 3. The summed E-state index contributed by atoms with van der Waals surface area (Å²) in [6, 6.07) is 1.55. The van der Waals surface area contributed by atoms with Crippen molar-refractivity contribution >= 4 is 57.0 Å². The molecule has 3 unspecified atom stereocenters. The summed E-state index contributed by atoms with van der Waals surface area (Å²) < 4.78 is 27.2. The van der Waals surface area contributed by atoms with Crippen molar-refractivity contribution in [3.63, 3.8) is 0 Å². The molecule has 0 spiro atoms. The van der Waals surface area contributed by atoms with Gasteiger partial charge in [-0.15, -0.1) is 23.7 Å². The van der Waals surface area contributed by atoms with Gasteiger partial charge in [0.25, 0.3) is 0 Å². The molecule has 1 saturated heterocycles. The molecule has 1 aliphatic carbocycles. The van der Waals surface area contributed by atoms with Gasteiger partial charge in [0.2, 0.25) is 10.0 Å². The zero-order chi connectivity index (χ0) is 13.8. The van der Waals surface area contributed by atoms with Gasteiger partial charge in [-0.1, -0.05) is 23.2 Å². The van der Waals surface area contributed by atoms with Crippen LogP contribution < -0.4 is 5.73 Å². The number of fused-ring (bicyclic) bond motifs is 1. The van der Waals surface area contributed by atoms with Gasteiger partial charge >= 0.3 is 0 Å². The van der Waals surface area contributed by atoms with E-state index in [1.165, 1.54) is 10.4 Å². The highest BCUT2D eigenvalue weighted by Gasteiger charge is 2.45. The summed E-state index contributed by atoms with van der Waals surface area (Å²) in [6.07, 6.45) is 2.00. The minimum Gasteiger partial charge on any atom is -0.327 e. The van der Waals surface area contributed by atoms with Crippen molar-refractivity contribution in [3.8, 4) is 0 Å². The number of nitrogens with zero attached hydrogens (tertiary/aromatic N) is 1. The third-order valence-electron chi connectivity index (χ3n) is 4.12. The number of hydrogen-bond acceptors (Lipinski definition) is 4. The Labute approximate surface area is 138 Å². The van der Waals surface area contributed by atoms with Gasteiger partial charge in [0.05, 0.1) is 4.34 Å². The SMILES string of the molecule is Cl.NC1CCC2CN(S(=O)(=O)c3cc(Cl)sc3Cl)CC12. The van der Waals surface area contributed by atoms with E-state index >= 15 is 0 Å². The first kappa shape index (κ1) is 16.8. The van der Waals surface area contributed by atoms with Crippen LogP contribution in [0.1, 0.15) is 12.8 Å². The Balaban J connectivity index is 0.00000147. The lowest BCUT2D eigenvalue weighted by Crippen LogP contribution is -2.33. The van der Waals surface area contributed by atoms with Crippen molar-refractivity contribution in [2.24, 2.45) is 17.6 Å². The zero-order valence-electron chi connectivity index (χ0n) is 10.5. The van der Waals surface area contributed by atoms with Gasteiger partial charge in [-0.05, 0) is 30.7 Å². The molecule has 114 valence electrons. The van der Waals surface area contributed by atoms with Gasteiger partial charge < -0.3 is 5.73 Å². The third kappa shape index (κ3) is 2.72. The lowest BCUT2D eigenvalue weighted by atomic mass is 9.98. The van der Waals surface area contributed by atoms with Gasteiger partial charge in [0.15, 0.2) is 0 Å². The van der Waals surface area contributed by atoms with Crippen molar-refractivity contribution in [2.75, 3.05) is 13.1 Å². The van der Waals surface area contributed by atoms with Crippen molar-refractivity contribution in [1.29, 1.82) is 0 Å². The van der Waals surface area contributed by atoms with Gasteiger partial charge in [0.1, 0.15) is 9.23 Å². The third-order valence-corrected chi connectivity index (χ3v) is 7.71. The lowest BCUT2D eigenvalue weighted by molar-refractivity contribution is 0.427. The van der Waals surface area contributed by atoms with Crippen molar-refractivity contribution in [2.45, 2.75) is 23.8 Å². The minimum atomic E-state index is -3.54. The van der Waals surface area contributed by atoms with E-state index in [2.05, 4.69) is 0 Å². The average Bonchev–Trinajstić information content (AvgIpc) is 2.96. The molecule has 2 N–H and O–H groups in total. The van der Waals surface area contributed by atoms with E-state index < -0.39 is 10.0 Å². The summed E-state index contributed by atoms with van der Waals surface area (Å²) in [7, 11) is -3.54. The Morgan fingerprint density at radius 1 is 1.30 bits per heavy atom. The van der Waals surface area contributed by atoms with Crippen molar-refractivity contribution in [3.05, 3.63) is 14.7 Å². The van der Waals surface area contributed by atoms with Crippen LogP contribution in [0.3, 0.4) is 0 Å². The molecule has 20 heavy (non-hydrogen) atoms. The summed E-state index contributed by atoms with van der Waals surface area (Å²) in [5, 5.41) is 0. The second-order valence-electron chi connectivity index (χ2n) is 5.18. The van der Waals surface area contributed by atoms with Gasteiger partial charge in [-0.2, -0.15) is 4.31 Å². The predicted molar refractivity (Wildman–Crippen MR) is 84.5 cm³/mol. The molecule has 0 bridgehead atoms. The van der Waals surface area contributed by atoms with Gasteiger partial charge in [0, 0.05) is 19.1 Å². The molecular weight excluding hydrogens is 363 g/mol. The van der Waals surface area contributed by atoms with E-state index in [0.29, 0.717) is 23.3 Å². The highest BCUT2D eigenvalue weighted by atomic mass is 35.5. The maximum atomic E-state index is 12.6. The predicted octanol–water partition coefficient (Wildman–Crippen LogP) is 2.83. The van der Waals surface area contributed by atoms with Crippen molar-refractivity contribution in [1.82, 2.24) is 4.31 Å². The molecular formula is C11H15Cl3N2O2S2. The monoisotopic (exact) mass is 376 g/mol. The molecule has 9 heteroatoms. The first-order valence-corrected chi connectivity index (χ1v) is 9.11. The van der Waals surface area contributed by atoms with Crippen LogP contribution in [-0.2, 0) is 10.0 Å². The Hall–Kier alpha value is 0.440. The molecule has 3 atom stereocenters. The molecule has 1 saturated carbocycles. The van der Waals surface area contributed by atoms with Gasteiger partial charge in [-0.25, -0.2) is 8.42 Å². The number of hydrogen-bond donors (Lipinski definition) is 1. The number of rotatable bonds is 2. The molecule has 3 rings (SSSR count). The zero-order valence-corrected chi connectivity index (χ0v) is 14.4. The van der Waals surface area contributed by atoms with Crippen LogP contribution in [0, 0.1) is 11.8 Å². The Kier molecular flexibility index (Phi) is 4.97. The summed E-state index contributed by atoms with van der Waals surface area (Å²) in [4.78, 5) is 0.123. The number of thiophene rings is 1. The van der Waals surface area contributed by atoms with E-state index in [1.807, 2.05) is 0 Å². The summed E-state index contributed by atoms with van der Waals surface area (Å²) in [6.45, 7) is 1.04. The molecule has 4 nitrogen and oxygen atoms in total. The molecule has 2 heterocycles. The fourth-order valence-electron chi connectivity index (χ4n) is 3.10. The van der Waals surface area contributed by atoms with E-state index in [4.69, 9.17) is 28.9 Å². The van der Waals surface area contributed by atoms with Crippen molar-refractivity contribution < 1.29 is 8.42 Å². The maximum Gasteiger partial charge on any atom is 0.245 e. The van der Waals surface area contributed by atoms with Crippen LogP contribution in [0.2, 0.25) is 8.67 Å². The average molecular weight is 378 g/mol. The highest BCUT2D eigenvalue weighted by molar-refractivity contribution is 7.89. The molecule has 1 aromatic rings. The Bertz CT molecular complexity index is 605. The van der Waals surface area contributed by atoms with E-state index in [1.54, 1.807) is 0 Å². The van der Waals surface area contributed by atoms with Gasteiger partial charge in [-0.3, -0.25) is 0 Å². The Morgan fingerprint density at radius 3 is 2.55 bits per heavy atom. The van der Waals surface area contributed by atoms with E-state index in [-0.39, 0.29) is 33.6 Å². The molecule has 0 amide bonds. The maximum absolute atomic E-state index is 12.6. The topological polar surface area (TPSA) is 63.4 Å². The molecule has 0 radical (unpaired) electrons. The summed E-state index contributed by atoms with van der Waals surface area (Å²) >= 11 is 12.9. The smallest absolute Gasteiger partial charge is 0.245 e. The molecule has 1 aliphatic heterocycles. The largest absolute Gasteiger partial charge is 0.327 e. The van der Waals surface area contributed by atoms with Crippen LogP contribution >= 0.6 is 46.9 Å². The fourth-order valence-corrected chi connectivity index (χ4v) is 6.75. The second-order valence-corrected chi connectivity index (χ2v) is 9.37. The molecule has 2 aliphatic rings. The second kappa shape index (κ2) is 5.91. The molecule has 1 aromatic heterocycles. The minimum absolute atomic E-state index is 0. The van der Waals surface area contributed by atoms with Crippen LogP contribution in [0.4, 0.5) is 0 Å². The van der Waals surface area contributed by atoms with Crippen LogP contribution in [0.15, 0.2) is 11.0 Å². The number of nitrogens with two attached hydrogens (primary N) is 1. The Morgan fingerprint density at radius 2 is 2.00 bits per heavy atom. The lowest BCUT2D eigenvalue weighted by Gasteiger charge is -2.18. The quantitative estimate of drug-likeness (QED) is 0.862. The summed E-state index contributed by atoms with van der Waals surface area (Å²) in [5.74, 6) is 0.667. The number of sulfonamides is 1. The highest BCUT2D eigenvalue weighted by Crippen LogP contribution is 2.42. The van der Waals surface area contributed by atoms with E-state index in [9.17, 15) is 8.42 Å². The van der Waals surface area contributed by atoms with E-state index in [0.717, 1.165) is 24.2 Å². The fraction of sp³-hybridized carbons (Fsp3) is 0.636. The molecule has 2 fully saturated rings. The molecule has 0 aromatic carbocycles. The van der Waals surface area contributed by atoms with Crippen LogP contribution in [-0.4, -0.2) is 31.9 Å². The first-order valence-electron chi connectivity index (χ1n) is 6.10. The van der Waals surface area contributed by atoms with Crippen LogP contribution in [0.25, 0.3) is 0 Å². The van der Waals surface area contributed by atoms with Crippen LogP contribution in [0.5, 0.6) is 0 Å². The normalized spacial score (nSPS) is 30.2. The first-order chi connectivity index (χ1) is 8.89. The summed E-state index contributed by atoms with van der Waals surface area (Å²) in [5.41, 5.74) is 6.03.